The first kappa shape index (κ1) is 23.0. The Balaban J connectivity index is 1.66. The normalized spacial score (nSPS) is 14.9. The van der Waals surface area contributed by atoms with Crippen molar-refractivity contribution in [2.24, 2.45) is 0 Å². The lowest BCUT2D eigenvalue weighted by Gasteiger charge is -2.22. The zero-order valence-electron chi connectivity index (χ0n) is 17.7. The van der Waals surface area contributed by atoms with Crippen LogP contribution in [-0.4, -0.2) is 53.0 Å². The number of amides is 2. The van der Waals surface area contributed by atoms with E-state index in [2.05, 4.69) is 17.2 Å². The topological polar surface area (TPSA) is 125 Å². The highest BCUT2D eigenvalue weighted by Gasteiger charge is 2.31. The van der Waals surface area contributed by atoms with Crippen LogP contribution in [0.25, 0.3) is 11.1 Å². The van der Waals surface area contributed by atoms with E-state index < -0.39 is 36.2 Å². The van der Waals surface area contributed by atoms with E-state index in [1.165, 1.54) is 13.0 Å². The monoisotopic (exact) mass is 438 g/mol. The van der Waals surface area contributed by atoms with Gasteiger partial charge in [-0.3, -0.25) is 4.79 Å². The lowest BCUT2D eigenvalue weighted by Crippen LogP contribution is -2.54. The van der Waals surface area contributed by atoms with Gasteiger partial charge in [0.1, 0.15) is 12.6 Å². The number of carboxylic acids is 1. The van der Waals surface area contributed by atoms with Gasteiger partial charge in [-0.2, -0.15) is 0 Å². The molecule has 2 amide bonds. The van der Waals surface area contributed by atoms with Crippen LogP contribution in [0.1, 0.15) is 30.4 Å². The number of benzene rings is 2. The molecule has 0 radical (unpaired) electrons. The van der Waals surface area contributed by atoms with Crippen molar-refractivity contribution >= 4 is 18.0 Å². The van der Waals surface area contributed by atoms with Crippen LogP contribution in [0.3, 0.4) is 0 Å². The molecule has 4 N–H and O–H groups in total. The van der Waals surface area contributed by atoms with Gasteiger partial charge in [0.15, 0.2) is 6.04 Å². The van der Waals surface area contributed by atoms with E-state index in [0.29, 0.717) is 0 Å². The van der Waals surface area contributed by atoms with E-state index in [1.807, 2.05) is 48.5 Å². The number of aliphatic hydroxyl groups excluding tert-OH is 1. The van der Waals surface area contributed by atoms with Crippen molar-refractivity contribution in [3.63, 3.8) is 0 Å². The summed E-state index contributed by atoms with van der Waals surface area (Å²) in [4.78, 5) is 36.1. The zero-order valence-corrected chi connectivity index (χ0v) is 17.7. The second kappa shape index (κ2) is 10.1. The molecule has 0 aliphatic heterocycles. The molecule has 8 nitrogen and oxygen atoms in total. The molecule has 168 valence electrons. The number of aliphatic hydroxyl groups is 1. The number of carbonyl (C=O) groups excluding carboxylic acids is 2. The minimum Gasteiger partial charge on any atom is -0.480 e. The molecule has 8 heteroatoms. The second-order valence-electron chi connectivity index (χ2n) is 7.61. The third kappa shape index (κ3) is 4.97. The Morgan fingerprint density at radius 2 is 1.62 bits per heavy atom. The first-order valence-electron chi connectivity index (χ1n) is 10.3. The van der Waals surface area contributed by atoms with Gasteiger partial charge in [-0.15, -0.1) is 6.58 Å². The molecule has 0 saturated heterocycles. The van der Waals surface area contributed by atoms with E-state index in [1.54, 1.807) is 0 Å². The second-order valence-corrected chi connectivity index (χ2v) is 7.61. The van der Waals surface area contributed by atoms with Crippen LogP contribution in [0.2, 0.25) is 0 Å². The minimum absolute atomic E-state index is 0.0577. The Kier molecular flexibility index (Phi) is 7.27. The number of alkyl carbamates (subject to hydrolysis) is 1. The van der Waals surface area contributed by atoms with Crippen molar-refractivity contribution in [3.8, 4) is 11.1 Å². The molecule has 0 aromatic heterocycles. The summed E-state index contributed by atoms with van der Waals surface area (Å²) in [5, 5.41) is 23.4. The molecule has 1 unspecified atom stereocenters. The van der Waals surface area contributed by atoms with Crippen LogP contribution in [0.5, 0.6) is 0 Å². The molecule has 2 aromatic carbocycles. The van der Waals surface area contributed by atoms with Gasteiger partial charge in [-0.25, -0.2) is 9.59 Å². The Morgan fingerprint density at radius 3 is 2.12 bits per heavy atom. The number of hydrogen-bond donors (Lipinski definition) is 4. The molecule has 32 heavy (non-hydrogen) atoms. The molecule has 1 aliphatic rings. The molecule has 3 rings (SSSR count). The van der Waals surface area contributed by atoms with Gasteiger partial charge in [0, 0.05) is 5.92 Å². The van der Waals surface area contributed by atoms with Gasteiger partial charge in [-0.05, 0) is 35.6 Å². The highest BCUT2D eigenvalue weighted by Crippen LogP contribution is 2.44. The first-order valence-corrected chi connectivity index (χ1v) is 10.3. The maximum Gasteiger partial charge on any atom is 0.407 e. The summed E-state index contributed by atoms with van der Waals surface area (Å²) in [6, 6.07) is 13.2. The zero-order chi connectivity index (χ0) is 23.3. The Bertz CT molecular complexity index is 974. The molecular weight excluding hydrogens is 412 g/mol. The van der Waals surface area contributed by atoms with Gasteiger partial charge in [0.2, 0.25) is 5.91 Å². The lowest BCUT2D eigenvalue weighted by molar-refractivity contribution is -0.145. The SMILES string of the molecule is C=CCC(NC(=O)OCC1c2ccccc2-c2ccccc21)C(=O)N[C@H](C(=O)O)[C@@H](C)O. The fourth-order valence-electron chi connectivity index (χ4n) is 3.82. The number of carbonyl (C=O) groups is 3. The van der Waals surface area contributed by atoms with E-state index in [-0.39, 0.29) is 18.9 Å². The predicted molar refractivity (Wildman–Crippen MR) is 118 cm³/mol. The number of ether oxygens (including phenoxy) is 1. The van der Waals surface area contributed by atoms with Crippen molar-refractivity contribution in [1.29, 1.82) is 0 Å². The molecule has 3 atom stereocenters. The van der Waals surface area contributed by atoms with Crippen LogP contribution in [0.15, 0.2) is 61.2 Å². The summed E-state index contributed by atoms with van der Waals surface area (Å²) < 4.78 is 5.44. The number of nitrogens with one attached hydrogen (secondary N) is 2. The van der Waals surface area contributed by atoms with Crippen LogP contribution >= 0.6 is 0 Å². The van der Waals surface area contributed by atoms with Crippen LogP contribution in [-0.2, 0) is 14.3 Å². The van der Waals surface area contributed by atoms with E-state index >= 15 is 0 Å². The largest absolute Gasteiger partial charge is 0.480 e. The fourth-order valence-corrected chi connectivity index (χ4v) is 3.82. The molecule has 2 aromatic rings. The summed E-state index contributed by atoms with van der Waals surface area (Å²) in [5.41, 5.74) is 4.31. The van der Waals surface area contributed by atoms with E-state index in [9.17, 15) is 19.5 Å². The Hall–Kier alpha value is -3.65. The Morgan fingerprint density at radius 1 is 1.06 bits per heavy atom. The van der Waals surface area contributed by atoms with Gasteiger partial charge < -0.3 is 25.6 Å². The minimum atomic E-state index is -1.50. The molecule has 0 heterocycles. The number of hydrogen-bond acceptors (Lipinski definition) is 5. The summed E-state index contributed by atoms with van der Waals surface area (Å²) >= 11 is 0. The van der Waals surface area contributed by atoms with Crippen molar-refractivity contribution in [2.45, 2.75) is 37.5 Å². The van der Waals surface area contributed by atoms with Crippen molar-refractivity contribution < 1.29 is 29.3 Å². The molecule has 0 saturated carbocycles. The van der Waals surface area contributed by atoms with Crippen molar-refractivity contribution in [3.05, 3.63) is 72.3 Å². The third-order valence-electron chi connectivity index (χ3n) is 5.40. The van der Waals surface area contributed by atoms with Gasteiger partial charge in [-0.1, -0.05) is 54.6 Å². The summed E-state index contributed by atoms with van der Waals surface area (Å²) in [6.07, 6.45) is -0.637. The summed E-state index contributed by atoms with van der Waals surface area (Å²) in [5.74, 6) is -2.27. The fraction of sp³-hybridized carbons (Fsp3) is 0.292. The number of rotatable bonds is 9. The van der Waals surface area contributed by atoms with E-state index in [0.717, 1.165) is 22.3 Å². The highest BCUT2D eigenvalue weighted by atomic mass is 16.5. The van der Waals surface area contributed by atoms with Gasteiger partial charge >= 0.3 is 12.1 Å². The molecule has 0 fully saturated rings. The number of carboxylic acid groups (broad SMARTS) is 1. The maximum atomic E-state index is 12.5. The summed E-state index contributed by atoms with van der Waals surface area (Å²) in [7, 11) is 0. The van der Waals surface area contributed by atoms with E-state index in [4.69, 9.17) is 9.84 Å². The molecule has 0 bridgehead atoms. The summed E-state index contributed by atoms with van der Waals surface area (Å²) in [6.45, 7) is 4.89. The number of aliphatic carboxylic acids is 1. The smallest absolute Gasteiger partial charge is 0.407 e. The van der Waals surface area contributed by atoms with Crippen molar-refractivity contribution in [2.75, 3.05) is 6.61 Å². The van der Waals surface area contributed by atoms with Crippen molar-refractivity contribution in [1.82, 2.24) is 10.6 Å². The van der Waals surface area contributed by atoms with Crippen LogP contribution < -0.4 is 10.6 Å². The number of fused-ring (bicyclic) bond motifs is 3. The quantitative estimate of drug-likeness (QED) is 0.446. The average Bonchev–Trinajstić information content (AvgIpc) is 3.09. The van der Waals surface area contributed by atoms with Crippen LogP contribution in [0.4, 0.5) is 4.79 Å². The standard InChI is InChI=1S/C24H26N2O6/c1-3-8-20(22(28)26-21(14(2)27)23(29)30)25-24(31)32-13-19-17-11-6-4-9-15(17)16-10-5-7-12-18(16)19/h3-7,9-12,14,19-21,27H,1,8,13H2,2H3,(H,25,31)(H,26,28)(H,29,30)/t14-,20?,21+/m1/s1. The average molecular weight is 438 g/mol. The highest BCUT2D eigenvalue weighted by molar-refractivity contribution is 5.89. The predicted octanol–water partition coefficient (Wildman–Crippen LogP) is 2.42. The van der Waals surface area contributed by atoms with Gasteiger partial charge in [0.25, 0.3) is 0 Å². The van der Waals surface area contributed by atoms with Crippen LogP contribution in [0, 0.1) is 0 Å². The third-order valence-corrected chi connectivity index (χ3v) is 5.40. The molecular formula is C24H26N2O6. The maximum absolute atomic E-state index is 12.5. The molecule has 0 spiro atoms. The Labute approximate surface area is 185 Å². The lowest BCUT2D eigenvalue weighted by atomic mass is 9.98. The molecule has 1 aliphatic carbocycles. The van der Waals surface area contributed by atoms with Gasteiger partial charge in [0.05, 0.1) is 6.10 Å². The first-order chi connectivity index (χ1) is 15.3.